The molecular weight excluding hydrogens is 180 g/mol. The first-order chi connectivity index (χ1) is 6.19. The smallest absolute Gasteiger partial charge is 0.190 e. The molecule has 0 amide bonds. The van der Waals surface area contributed by atoms with Gasteiger partial charge in [-0.2, -0.15) is 0 Å². The normalized spacial score (nSPS) is 10.2. The van der Waals surface area contributed by atoms with E-state index in [0.29, 0.717) is 5.56 Å². The second-order valence-electron chi connectivity index (χ2n) is 2.43. The number of hydrogen-bond donors (Lipinski definition) is 2. The summed E-state index contributed by atoms with van der Waals surface area (Å²) in [7, 11) is 1.19. The van der Waals surface area contributed by atoms with E-state index in [1.165, 1.54) is 7.11 Å². The summed E-state index contributed by atoms with van der Waals surface area (Å²) in [5.41, 5.74) is 2.11. The van der Waals surface area contributed by atoms with Crippen LogP contribution < -0.4 is 10.2 Å². The zero-order valence-electron chi connectivity index (χ0n) is 6.97. The van der Waals surface area contributed by atoms with E-state index in [4.69, 9.17) is 5.21 Å². The summed E-state index contributed by atoms with van der Waals surface area (Å²) in [5.74, 6) is -1.98. The number of halogens is 2. The zero-order chi connectivity index (χ0) is 9.84. The molecule has 0 aliphatic rings. The van der Waals surface area contributed by atoms with E-state index in [9.17, 15) is 8.78 Å². The lowest BCUT2D eigenvalue weighted by atomic mass is 10.2. The molecule has 0 aliphatic heterocycles. The Bertz CT molecular complexity index is 281. The minimum Gasteiger partial charge on any atom is -0.491 e. The molecule has 0 aliphatic carbocycles. The summed E-state index contributed by atoms with van der Waals surface area (Å²) in [4.78, 5) is 0. The van der Waals surface area contributed by atoms with Crippen molar-refractivity contribution in [3.8, 4) is 5.75 Å². The average Bonchev–Trinajstić information content (AvgIpc) is 2.04. The molecule has 0 bridgehead atoms. The number of methoxy groups -OCH3 is 1. The van der Waals surface area contributed by atoms with E-state index in [1.54, 1.807) is 5.48 Å². The third-order valence-corrected chi connectivity index (χ3v) is 1.55. The van der Waals surface area contributed by atoms with Crippen LogP contribution in [0.25, 0.3) is 0 Å². The summed E-state index contributed by atoms with van der Waals surface area (Å²) in [6.07, 6.45) is 0. The van der Waals surface area contributed by atoms with Crippen molar-refractivity contribution >= 4 is 0 Å². The van der Waals surface area contributed by atoms with E-state index in [-0.39, 0.29) is 6.54 Å². The second-order valence-corrected chi connectivity index (χ2v) is 2.43. The van der Waals surface area contributed by atoms with Crippen LogP contribution in [0.3, 0.4) is 0 Å². The maximum atomic E-state index is 13.0. The van der Waals surface area contributed by atoms with E-state index in [1.807, 2.05) is 0 Å². The topological polar surface area (TPSA) is 41.5 Å². The van der Waals surface area contributed by atoms with Crippen molar-refractivity contribution in [1.82, 2.24) is 5.48 Å². The molecule has 0 aromatic heterocycles. The molecule has 0 saturated heterocycles. The quantitative estimate of drug-likeness (QED) is 0.707. The molecule has 5 heteroatoms. The molecule has 0 heterocycles. The highest BCUT2D eigenvalue weighted by Crippen LogP contribution is 2.22. The lowest BCUT2D eigenvalue weighted by molar-refractivity contribution is 0.161. The van der Waals surface area contributed by atoms with Crippen LogP contribution in [0, 0.1) is 11.6 Å². The first-order valence-corrected chi connectivity index (χ1v) is 3.58. The summed E-state index contributed by atoms with van der Waals surface area (Å²) in [6, 6.07) is 2.18. The van der Waals surface area contributed by atoms with Crippen LogP contribution in [-0.2, 0) is 6.54 Å². The van der Waals surface area contributed by atoms with Crippen molar-refractivity contribution in [2.75, 3.05) is 7.11 Å². The van der Waals surface area contributed by atoms with Gasteiger partial charge in [0.1, 0.15) is 0 Å². The van der Waals surface area contributed by atoms with E-state index in [2.05, 4.69) is 4.74 Å². The van der Waals surface area contributed by atoms with Gasteiger partial charge >= 0.3 is 0 Å². The van der Waals surface area contributed by atoms with Gasteiger partial charge in [0.15, 0.2) is 17.4 Å². The zero-order valence-corrected chi connectivity index (χ0v) is 6.97. The van der Waals surface area contributed by atoms with Crippen molar-refractivity contribution < 1.29 is 18.7 Å². The van der Waals surface area contributed by atoms with Gasteiger partial charge < -0.3 is 9.94 Å². The molecule has 0 spiro atoms. The monoisotopic (exact) mass is 189 g/mol. The van der Waals surface area contributed by atoms with E-state index in [0.717, 1.165) is 12.1 Å². The third kappa shape index (κ3) is 2.13. The molecule has 0 saturated carbocycles. The van der Waals surface area contributed by atoms with Crippen molar-refractivity contribution in [2.45, 2.75) is 6.54 Å². The first kappa shape index (κ1) is 9.88. The lowest BCUT2D eigenvalue weighted by Gasteiger charge is -2.05. The van der Waals surface area contributed by atoms with Gasteiger partial charge in [-0.3, -0.25) is 0 Å². The fourth-order valence-corrected chi connectivity index (χ4v) is 1.00. The SMILES string of the molecule is COc1c(F)cc(CNO)cc1F. The molecule has 0 atom stereocenters. The Kier molecular flexibility index (Phi) is 3.16. The molecule has 13 heavy (non-hydrogen) atoms. The number of benzene rings is 1. The predicted octanol–water partition coefficient (Wildman–Crippen LogP) is 1.45. The van der Waals surface area contributed by atoms with E-state index < -0.39 is 17.4 Å². The Morgan fingerprint density at radius 3 is 2.31 bits per heavy atom. The van der Waals surface area contributed by atoms with Crippen LogP contribution in [0.2, 0.25) is 0 Å². The molecular formula is C8H9F2NO2. The molecule has 3 nitrogen and oxygen atoms in total. The molecule has 0 unspecified atom stereocenters. The first-order valence-electron chi connectivity index (χ1n) is 3.58. The highest BCUT2D eigenvalue weighted by atomic mass is 19.1. The van der Waals surface area contributed by atoms with Crippen LogP contribution in [0.4, 0.5) is 8.78 Å². The van der Waals surface area contributed by atoms with Crippen LogP contribution in [-0.4, -0.2) is 12.3 Å². The van der Waals surface area contributed by atoms with E-state index >= 15 is 0 Å². The average molecular weight is 189 g/mol. The van der Waals surface area contributed by atoms with Crippen molar-refractivity contribution in [1.29, 1.82) is 0 Å². The summed E-state index contributed by atoms with van der Waals surface area (Å²) in [6.45, 7) is -0.0160. The number of rotatable bonds is 3. The number of nitrogens with one attached hydrogen (secondary N) is 1. The highest BCUT2D eigenvalue weighted by Gasteiger charge is 2.10. The van der Waals surface area contributed by atoms with Crippen molar-refractivity contribution in [3.63, 3.8) is 0 Å². The van der Waals surface area contributed by atoms with Gasteiger partial charge in [0, 0.05) is 6.54 Å². The standard InChI is InChI=1S/C8H9F2NO2/c1-13-8-6(9)2-5(4-11-12)3-7(8)10/h2-3,11-12H,4H2,1H3. The largest absolute Gasteiger partial charge is 0.491 e. The van der Waals surface area contributed by atoms with Crippen LogP contribution >= 0.6 is 0 Å². The number of ether oxygens (including phenoxy) is 1. The summed E-state index contributed by atoms with van der Waals surface area (Å²) < 4.78 is 30.4. The Balaban J connectivity index is 3.05. The Hall–Kier alpha value is -1.20. The van der Waals surface area contributed by atoms with Crippen LogP contribution in [0.15, 0.2) is 12.1 Å². The van der Waals surface area contributed by atoms with Gasteiger partial charge in [0.05, 0.1) is 7.11 Å². The van der Waals surface area contributed by atoms with Crippen molar-refractivity contribution in [2.24, 2.45) is 0 Å². The van der Waals surface area contributed by atoms with Gasteiger partial charge in [0.2, 0.25) is 0 Å². The fourth-order valence-electron chi connectivity index (χ4n) is 1.00. The Morgan fingerprint density at radius 2 is 1.92 bits per heavy atom. The minimum atomic E-state index is -0.784. The van der Waals surface area contributed by atoms with Gasteiger partial charge in [-0.1, -0.05) is 0 Å². The molecule has 72 valence electrons. The Morgan fingerprint density at radius 1 is 1.38 bits per heavy atom. The summed E-state index contributed by atoms with van der Waals surface area (Å²) in [5, 5.41) is 8.30. The molecule has 0 radical (unpaired) electrons. The molecule has 1 aromatic carbocycles. The van der Waals surface area contributed by atoms with Gasteiger partial charge in [-0.15, -0.1) is 0 Å². The summed E-state index contributed by atoms with van der Waals surface area (Å²) >= 11 is 0. The predicted molar refractivity (Wildman–Crippen MR) is 41.5 cm³/mol. The maximum absolute atomic E-state index is 13.0. The fraction of sp³-hybridized carbons (Fsp3) is 0.250. The second kappa shape index (κ2) is 4.15. The van der Waals surface area contributed by atoms with Gasteiger partial charge in [0.25, 0.3) is 0 Å². The molecule has 1 aromatic rings. The van der Waals surface area contributed by atoms with Crippen LogP contribution in [0.1, 0.15) is 5.56 Å². The highest BCUT2D eigenvalue weighted by molar-refractivity contribution is 5.31. The molecule has 2 N–H and O–H groups in total. The minimum absolute atomic E-state index is 0.0160. The Labute approximate surface area is 73.9 Å². The van der Waals surface area contributed by atoms with Gasteiger partial charge in [-0.05, 0) is 17.7 Å². The molecule has 1 rings (SSSR count). The maximum Gasteiger partial charge on any atom is 0.190 e. The number of hydrogen-bond acceptors (Lipinski definition) is 3. The molecule has 0 fully saturated rings. The third-order valence-electron chi connectivity index (χ3n) is 1.55. The number of hydroxylamine groups is 1. The van der Waals surface area contributed by atoms with Crippen molar-refractivity contribution in [3.05, 3.63) is 29.3 Å². The lowest BCUT2D eigenvalue weighted by Crippen LogP contribution is -2.07. The van der Waals surface area contributed by atoms with Crippen LogP contribution in [0.5, 0.6) is 5.75 Å². The van der Waals surface area contributed by atoms with Gasteiger partial charge in [-0.25, -0.2) is 14.3 Å².